The number of likely N-dealkylation sites (N-methyl/N-ethyl adjacent to an activating group) is 1. The highest BCUT2D eigenvalue weighted by Gasteiger charge is 2.19. The number of hydrogen-bond acceptors (Lipinski definition) is 3. The maximum atomic E-state index is 8.75. The number of nitrogens with zero attached hydrogens (tertiary/aromatic N) is 2. The maximum absolute atomic E-state index is 8.75. The summed E-state index contributed by atoms with van der Waals surface area (Å²) in [5, 5.41) is 12.2. The Kier molecular flexibility index (Phi) is 4.20. The van der Waals surface area contributed by atoms with Gasteiger partial charge < -0.3 is 10.2 Å². The van der Waals surface area contributed by atoms with Crippen molar-refractivity contribution >= 4 is 0 Å². The summed E-state index contributed by atoms with van der Waals surface area (Å²) in [6.45, 7) is 5.23. The van der Waals surface area contributed by atoms with E-state index < -0.39 is 0 Å². The van der Waals surface area contributed by atoms with E-state index in [2.05, 4.69) is 30.3 Å². The lowest BCUT2D eigenvalue weighted by Gasteiger charge is -2.14. The molecular weight excluding hydrogens is 162 g/mol. The second kappa shape index (κ2) is 5.21. The zero-order chi connectivity index (χ0) is 9.68. The van der Waals surface area contributed by atoms with Gasteiger partial charge in [-0.2, -0.15) is 5.26 Å². The van der Waals surface area contributed by atoms with Gasteiger partial charge in [-0.3, -0.25) is 0 Å². The number of rotatable bonds is 4. The summed E-state index contributed by atoms with van der Waals surface area (Å²) in [6.07, 6.45) is 2.17. The molecule has 0 aromatic heterocycles. The van der Waals surface area contributed by atoms with Gasteiger partial charge in [-0.15, -0.1) is 0 Å². The van der Waals surface area contributed by atoms with Crippen LogP contribution in [0.5, 0.6) is 0 Å². The first-order chi connectivity index (χ1) is 6.26. The van der Waals surface area contributed by atoms with E-state index in [0.717, 1.165) is 19.5 Å². The third-order valence-electron chi connectivity index (χ3n) is 2.72. The Balaban J connectivity index is 2.16. The van der Waals surface area contributed by atoms with E-state index in [1.54, 1.807) is 0 Å². The fraction of sp³-hybridized carbons (Fsp3) is 0.900. The van der Waals surface area contributed by atoms with Gasteiger partial charge in [0.1, 0.15) is 0 Å². The average Bonchev–Trinajstić information content (AvgIpc) is 2.53. The SMILES string of the molecule is CCC(C#N)CNC1CCN(C)C1. The van der Waals surface area contributed by atoms with Crippen molar-refractivity contribution in [2.24, 2.45) is 5.92 Å². The van der Waals surface area contributed by atoms with Crippen molar-refractivity contribution in [3.05, 3.63) is 0 Å². The van der Waals surface area contributed by atoms with Crippen LogP contribution in [0.3, 0.4) is 0 Å². The lowest BCUT2D eigenvalue weighted by atomic mass is 10.1. The van der Waals surface area contributed by atoms with Gasteiger partial charge in [0, 0.05) is 19.1 Å². The van der Waals surface area contributed by atoms with Crippen molar-refractivity contribution < 1.29 is 0 Å². The second-order valence-corrected chi connectivity index (χ2v) is 3.89. The fourth-order valence-corrected chi connectivity index (χ4v) is 1.69. The smallest absolute Gasteiger partial charge is 0.0669 e. The molecule has 0 saturated carbocycles. The van der Waals surface area contributed by atoms with Gasteiger partial charge in [-0.25, -0.2) is 0 Å². The predicted molar refractivity (Wildman–Crippen MR) is 53.3 cm³/mol. The average molecular weight is 181 g/mol. The third-order valence-corrected chi connectivity index (χ3v) is 2.72. The summed E-state index contributed by atoms with van der Waals surface area (Å²) in [4.78, 5) is 2.32. The van der Waals surface area contributed by atoms with E-state index in [9.17, 15) is 0 Å². The van der Waals surface area contributed by atoms with Crippen LogP contribution in [0.1, 0.15) is 19.8 Å². The quantitative estimate of drug-likeness (QED) is 0.698. The molecule has 0 amide bonds. The topological polar surface area (TPSA) is 39.1 Å². The largest absolute Gasteiger partial charge is 0.311 e. The van der Waals surface area contributed by atoms with Crippen LogP contribution in [-0.2, 0) is 0 Å². The minimum absolute atomic E-state index is 0.186. The molecule has 13 heavy (non-hydrogen) atoms. The van der Waals surface area contributed by atoms with Gasteiger partial charge in [0.2, 0.25) is 0 Å². The van der Waals surface area contributed by atoms with Gasteiger partial charge in [0.25, 0.3) is 0 Å². The van der Waals surface area contributed by atoms with E-state index >= 15 is 0 Å². The molecule has 0 bridgehead atoms. The Morgan fingerprint density at radius 1 is 1.69 bits per heavy atom. The first-order valence-electron chi connectivity index (χ1n) is 5.07. The van der Waals surface area contributed by atoms with Crippen molar-refractivity contribution in [2.75, 3.05) is 26.7 Å². The van der Waals surface area contributed by atoms with E-state index in [1.807, 2.05) is 0 Å². The first kappa shape index (κ1) is 10.5. The molecule has 2 unspecified atom stereocenters. The number of likely N-dealkylation sites (tertiary alicyclic amines) is 1. The molecule has 1 fully saturated rings. The molecule has 3 heteroatoms. The molecule has 74 valence electrons. The molecule has 0 radical (unpaired) electrons. The van der Waals surface area contributed by atoms with Gasteiger partial charge in [-0.1, -0.05) is 6.92 Å². The van der Waals surface area contributed by atoms with Crippen LogP contribution in [0.25, 0.3) is 0 Å². The zero-order valence-electron chi connectivity index (χ0n) is 8.58. The molecule has 2 atom stereocenters. The molecule has 1 rings (SSSR count). The van der Waals surface area contributed by atoms with Crippen LogP contribution < -0.4 is 5.32 Å². The summed E-state index contributed by atoms with van der Waals surface area (Å²) < 4.78 is 0. The lowest BCUT2D eigenvalue weighted by molar-refractivity contribution is 0.392. The van der Waals surface area contributed by atoms with Gasteiger partial charge in [0.05, 0.1) is 12.0 Å². The molecule has 1 N–H and O–H groups in total. The summed E-state index contributed by atoms with van der Waals surface area (Å²) in [6, 6.07) is 2.91. The standard InChI is InChI=1S/C10H19N3/c1-3-9(6-11)7-12-10-4-5-13(2)8-10/h9-10,12H,3-5,7-8H2,1-2H3. The Morgan fingerprint density at radius 3 is 2.92 bits per heavy atom. The van der Waals surface area contributed by atoms with Crippen molar-refractivity contribution in [3.8, 4) is 6.07 Å². The van der Waals surface area contributed by atoms with E-state index in [1.165, 1.54) is 13.0 Å². The zero-order valence-corrected chi connectivity index (χ0v) is 8.58. The molecule has 1 aliphatic heterocycles. The van der Waals surface area contributed by atoms with Crippen molar-refractivity contribution in [1.82, 2.24) is 10.2 Å². The van der Waals surface area contributed by atoms with Crippen molar-refractivity contribution in [2.45, 2.75) is 25.8 Å². The summed E-state index contributed by atoms with van der Waals surface area (Å²) >= 11 is 0. The summed E-state index contributed by atoms with van der Waals surface area (Å²) in [7, 11) is 2.14. The van der Waals surface area contributed by atoms with Gasteiger partial charge >= 0.3 is 0 Å². The summed E-state index contributed by atoms with van der Waals surface area (Å²) in [5.41, 5.74) is 0. The summed E-state index contributed by atoms with van der Waals surface area (Å²) in [5.74, 6) is 0.186. The van der Waals surface area contributed by atoms with Crippen molar-refractivity contribution in [1.29, 1.82) is 5.26 Å². The Bertz CT molecular complexity index is 185. The molecule has 0 spiro atoms. The van der Waals surface area contributed by atoms with Crippen LogP contribution in [0.2, 0.25) is 0 Å². The predicted octanol–water partition coefficient (Wildman–Crippen LogP) is 0.830. The monoisotopic (exact) mass is 181 g/mol. The third kappa shape index (κ3) is 3.33. The van der Waals surface area contributed by atoms with Crippen LogP contribution in [-0.4, -0.2) is 37.6 Å². The van der Waals surface area contributed by atoms with Crippen LogP contribution in [0, 0.1) is 17.2 Å². The molecule has 0 aromatic rings. The molecule has 0 aromatic carbocycles. The van der Waals surface area contributed by atoms with Crippen LogP contribution in [0.15, 0.2) is 0 Å². The second-order valence-electron chi connectivity index (χ2n) is 3.89. The Hall–Kier alpha value is -0.590. The highest BCUT2D eigenvalue weighted by Crippen LogP contribution is 2.07. The molecule has 1 heterocycles. The Morgan fingerprint density at radius 2 is 2.46 bits per heavy atom. The van der Waals surface area contributed by atoms with Crippen molar-refractivity contribution in [3.63, 3.8) is 0 Å². The minimum atomic E-state index is 0.186. The minimum Gasteiger partial charge on any atom is -0.311 e. The van der Waals surface area contributed by atoms with Crippen LogP contribution in [0.4, 0.5) is 0 Å². The molecule has 0 aliphatic carbocycles. The maximum Gasteiger partial charge on any atom is 0.0669 e. The molecule has 1 aliphatic rings. The van der Waals surface area contributed by atoms with Gasteiger partial charge in [-0.05, 0) is 26.4 Å². The first-order valence-corrected chi connectivity index (χ1v) is 5.07. The molecular formula is C10H19N3. The number of hydrogen-bond donors (Lipinski definition) is 1. The van der Waals surface area contributed by atoms with E-state index in [-0.39, 0.29) is 5.92 Å². The highest BCUT2D eigenvalue weighted by molar-refractivity contribution is 4.86. The highest BCUT2D eigenvalue weighted by atomic mass is 15.2. The number of nitriles is 1. The lowest BCUT2D eigenvalue weighted by Crippen LogP contribution is -2.34. The fourth-order valence-electron chi connectivity index (χ4n) is 1.69. The van der Waals surface area contributed by atoms with Gasteiger partial charge in [0.15, 0.2) is 0 Å². The van der Waals surface area contributed by atoms with E-state index in [0.29, 0.717) is 6.04 Å². The molecule has 3 nitrogen and oxygen atoms in total. The van der Waals surface area contributed by atoms with E-state index in [4.69, 9.17) is 5.26 Å². The Labute approximate surface area is 80.7 Å². The molecule has 1 saturated heterocycles. The number of nitrogens with one attached hydrogen (secondary N) is 1. The normalized spacial score (nSPS) is 25.8. The van der Waals surface area contributed by atoms with Crippen LogP contribution >= 0.6 is 0 Å².